The van der Waals surface area contributed by atoms with Gasteiger partial charge in [0.25, 0.3) is 5.91 Å². The van der Waals surface area contributed by atoms with E-state index in [9.17, 15) is 4.79 Å². The average Bonchev–Trinajstić information content (AvgIpc) is 3.25. The highest BCUT2D eigenvalue weighted by Gasteiger charge is 2.39. The molecule has 24 heavy (non-hydrogen) atoms. The summed E-state index contributed by atoms with van der Waals surface area (Å²) in [5.41, 5.74) is 1.26. The Morgan fingerprint density at radius 1 is 1.25 bits per heavy atom. The van der Waals surface area contributed by atoms with Crippen LogP contribution in [0.3, 0.4) is 0 Å². The number of pyridine rings is 1. The summed E-state index contributed by atoms with van der Waals surface area (Å²) in [5, 5.41) is 1.98. The summed E-state index contributed by atoms with van der Waals surface area (Å²) in [5.74, 6) is 0.812. The highest BCUT2D eigenvalue weighted by Crippen LogP contribution is 2.32. The smallest absolute Gasteiger partial charge is 0.263 e. The van der Waals surface area contributed by atoms with Crippen molar-refractivity contribution in [3.8, 4) is 0 Å². The minimum Gasteiger partial charge on any atom is -0.336 e. The third kappa shape index (κ3) is 3.23. The molecule has 4 heterocycles. The topological polar surface area (TPSA) is 36.4 Å². The maximum atomic E-state index is 12.7. The second kappa shape index (κ2) is 7.03. The third-order valence-corrected chi connectivity index (χ3v) is 6.13. The van der Waals surface area contributed by atoms with Crippen molar-refractivity contribution < 1.29 is 4.79 Å². The first-order valence-corrected chi connectivity index (χ1v) is 9.65. The van der Waals surface area contributed by atoms with Crippen molar-refractivity contribution >= 4 is 17.2 Å². The van der Waals surface area contributed by atoms with E-state index in [0.717, 1.165) is 31.1 Å². The van der Waals surface area contributed by atoms with Gasteiger partial charge in [0.2, 0.25) is 0 Å². The van der Waals surface area contributed by atoms with E-state index in [1.54, 1.807) is 11.3 Å². The largest absolute Gasteiger partial charge is 0.336 e. The molecule has 2 fully saturated rings. The molecule has 2 aliphatic rings. The Kier molecular flexibility index (Phi) is 4.63. The van der Waals surface area contributed by atoms with Crippen LogP contribution in [0.2, 0.25) is 0 Å². The lowest BCUT2D eigenvalue weighted by atomic mass is 9.98. The van der Waals surface area contributed by atoms with Gasteiger partial charge >= 0.3 is 0 Å². The van der Waals surface area contributed by atoms with Gasteiger partial charge in [0.05, 0.1) is 4.88 Å². The first-order valence-electron chi connectivity index (χ1n) is 8.77. The molecule has 0 radical (unpaired) electrons. The molecule has 0 aromatic carbocycles. The second-order valence-electron chi connectivity index (χ2n) is 6.84. The van der Waals surface area contributed by atoms with E-state index >= 15 is 0 Å². The van der Waals surface area contributed by atoms with Gasteiger partial charge < -0.3 is 4.90 Å². The zero-order chi connectivity index (χ0) is 16.4. The maximum Gasteiger partial charge on any atom is 0.263 e. The van der Waals surface area contributed by atoms with Crippen LogP contribution >= 0.6 is 11.3 Å². The minimum atomic E-state index is 0.208. The van der Waals surface area contributed by atoms with E-state index in [2.05, 4.69) is 20.9 Å². The van der Waals surface area contributed by atoms with E-state index in [-0.39, 0.29) is 5.91 Å². The van der Waals surface area contributed by atoms with E-state index in [4.69, 9.17) is 0 Å². The molecule has 4 nitrogen and oxygen atoms in total. The van der Waals surface area contributed by atoms with Gasteiger partial charge in [-0.1, -0.05) is 18.6 Å². The number of rotatable bonds is 3. The predicted molar refractivity (Wildman–Crippen MR) is 96.0 cm³/mol. The summed E-state index contributed by atoms with van der Waals surface area (Å²) in [6, 6.07) is 8.54. The van der Waals surface area contributed by atoms with Gasteiger partial charge in [-0.15, -0.1) is 11.3 Å². The SMILES string of the molecule is O=C(c1cccs1)N1C[C@@H]2CCCCN(Cc3cccnc3)[C@@H]2C1. The van der Waals surface area contributed by atoms with E-state index < -0.39 is 0 Å². The Hall–Kier alpha value is -1.72. The first-order chi connectivity index (χ1) is 11.8. The fraction of sp³-hybridized carbons (Fsp3) is 0.474. The molecular weight excluding hydrogens is 318 g/mol. The zero-order valence-electron chi connectivity index (χ0n) is 13.8. The summed E-state index contributed by atoms with van der Waals surface area (Å²) in [6.07, 6.45) is 7.55. The fourth-order valence-electron chi connectivity index (χ4n) is 4.08. The first kappa shape index (κ1) is 15.8. The van der Waals surface area contributed by atoms with Crippen LogP contribution in [0.25, 0.3) is 0 Å². The molecule has 2 aromatic heterocycles. The molecule has 2 saturated heterocycles. The lowest BCUT2D eigenvalue weighted by molar-refractivity contribution is 0.0778. The Labute approximate surface area is 147 Å². The Bertz CT molecular complexity index is 673. The van der Waals surface area contributed by atoms with Crippen LogP contribution in [0.5, 0.6) is 0 Å². The second-order valence-corrected chi connectivity index (χ2v) is 7.79. The molecule has 0 aliphatic carbocycles. The molecule has 1 amide bonds. The molecule has 5 heteroatoms. The number of carbonyl (C=O) groups excluding carboxylic acids is 1. The molecule has 0 saturated carbocycles. The Morgan fingerprint density at radius 3 is 3.00 bits per heavy atom. The number of hydrogen-bond donors (Lipinski definition) is 0. The summed E-state index contributed by atoms with van der Waals surface area (Å²) in [4.78, 5) is 22.5. The molecule has 2 aromatic rings. The number of nitrogens with zero attached hydrogens (tertiary/aromatic N) is 3. The molecule has 4 rings (SSSR count). The molecular formula is C19H23N3OS. The van der Waals surface area contributed by atoms with E-state index in [0.29, 0.717) is 12.0 Å². The number of likely N-dealkylation sites (tertiary alicyclic amines) is 2. The minimum absolute atomic E-state index is 0.208. The van der Waals surface area contributed by atoms with Crippen molar-refractivity contribution in [1.82, 2.24) is 14.8 Å². The van der Waals surface area contributed by atoms with Crippen LogP contribution in [-0.4, -0.2) is 46.4 Å². The van der Waals surface area contributed by atoms with Crippen molar-refractivity contribution in [3.05, 3.63) is 52.5 Å². The van der Waals surface area contributed by atoms with Crippen molar-refractivity contribution in [1.29, 1.82) is 0 Å². The Morgan fingerprint density at radius 2 is 2.21 bits per heavy atom. The summed E-state index contributed by atoms with van der Waals surface area (Å²) >= 11 is 1.55. The third-order valence-electron chi connectivity index (χ3n) is 5.27. The summed E-state index contributed by atoms with van der Waals surface area (Å²) in [7, 11) is 0. The Balaban J connectivity index is 1.49. The fourth-order valence-corrected chi connectivity index (χ4v) is 4.77. The summed E-state index contributed by atoms with van der Waals surface area (Å²) < 4.78 is 0. The van der Waals surface area contributed by atoms with Crippen LogP contribution in [-0.2, 0) is 6.54 Å². The van der Waals surface area contributed by atoms with Crippen LogP contribution in [0.1, 0.15) is 34.5 Å². The van der Waals surface area contributed by atoms with Crippen molar-refractivity contribution in [2.24, 2.45) is 5.92 Å². The molecule has 2 atom stereocenters. The average molecular weight is 341 g/mol. The van der Waals surface area contributed by atoms with E-state index in [1.807, 2.05) is 36.0 Å². The number of amides is 1. The number of thiophene rings is 1. The molecule has 0 unspecified atom stereocenters. The lowest BCUT2D eigenvalue weighted by Gasteiger charge is -2.29. The van der Waals surface area contributed by atoms with Gasteiger partial charge in [0.15, 0.2) is 0 Å². The summed E-state index contributed by atoms with van der Waals surface area (Å²) in [6.45, 7) is 3.83. The molecule has 2 aliphatic heterocycles. The number of carbonyl (C=O) groups is 1. The molecule has 126 valence electrons. The lowest BCUT2D eigenvalue weighted by Crippen LogP contribution is -2.40. The van der Waals surface area contributed by atoms with Gasteiger partial charge in [-0.05, 0) is 48.4 Å². The zero-order valence-corrected chi connectivity index (χ0v) is 14.6. The molecule has 0 bridgehead atoms. The standard InChI is InChI=1S/C19H23N3OS/c23-19(18-7-4-10-24-18)22-13-16-6-1-2-9-21(17(16)14-22)12-15-5-3-8-20-11-15/h3-5,7-8,10-11,16-17H,1-2,6,9,12-14H2/t16-,17+/m0/s1. The van der Waals surface area contributed by atoms with Crippen molar-refractivity contribution in [2.45, 2.75) is 31.8 Å². The van der Waals surface area contributed by atoms with Crippen LogP contribution in [0, 0.1) is 5.92 Å². The number of hydrogen-bond acceptors (Lipinski definition) is 4. The van der Waals surface area contributed by atoms with E-state index in [1.165, 1.54) is 24.8 Å². The normalized spacial score (nSPS) is 24.6. The maximum absolute atomic E-state index is 12.7. The molecule has 0 spiro atoms. The highest BCUT2D eigenvalue weighted by atomic mass is 32.1. The van der Waals surface area contributed by atoms with Crippen LogP contribution in [0.4, 0.5) is 0 Å². The van der Waals surface area contributed by atoms with Crippen molar-refractivity contribution in [2.75, 3.05) is 19.6 Å². The van der Waals surface area contributed by atoms with Crippen molar-refractivity contribution in [3.63, 3.8) is 0 Å². The molecule has 0 N–H and O–H groups in total. The number of aromatic nitrogens is 1. The quantitative estimate of drug-likeness (QED) is 0.860. The van der Waals surface area contributed by atoms with Gasteiger partial charge in [0, 0.05) is 38.1 Å². The monoisotopic (exact) mass is 341 g/mol. The van der Waals surface area contributed by atoms with Gasteiger partial charge in [-0.2, -0.15) is 0 Å². The van der Waals surface area contributed by atoms with Crippen LogP contribution in [0.15, 0.2) is 42.0 Å². The predicted octanol–water partition coefficient (Wildman–Crippen LogP) is 3.27. The van der Waals surface area contributed by atoms with Crippen LogP contribution < -0.4 is 0 Å². The van der Waals surface area contributed by atoms with Gasteiger partial charge in [-0.25, -0.2) is 0 Å². The highest BCUT2D eigenvalue weighted by molar-refractivity contribution is 7.12. The van der Waals surface area contributed by atoms with Gasteiger partial charge in [0.1, 0.15) is 0 Å². The van der Waals surface area contributed by atoms with Gasteiger partial charge in [-0.3, -0.25) is 14.7 Å². The number of fused-ring (bicyclic) bond motifs is 1.